The summed E-state index contributed by atoms with van der Waals surface area (Å²) in [5, 5.41) is 13.2. The van der Waals surface area contributed by atoms with E-state index in [1.165, 1.54) is 6.08 Å². The first-order valence-electron chi connectivity index (χ1n) is 10.3. The molecular formula is C27H22ClN3O3. The van der Waals surface area contributed by atoms with Crippen molar-refractivity contribution in [3.63, 3.8) is 0 Å². The lowest BCUT2D eigenvalue weighted by Crippen LogP contribution is -2.13. The van der Waals surface area contributed by atoms with Crippen LogP contribution in [0.4, 0.5) is 5.69 Å². The third-order valence-corrected chi connectivity index (χ3v) is 4.99. The molecule has 0 aliphatic rings. The number of nitrogens with zero attached hydrogens (tertiary/aromatic N) is 2. The molecule has 1 N–H and O–H groups in total. The van der Waals surface area contributed by atoms with Crippen molar-refractivity contribution in [1.29, 1.82) is 5.26 Å². The van der Waals surface area contributed by atoms with Gasteiger partial charge in [-0.2, -0.15) is 5.26 Å². The van der Waals surface area contributed by atoms with Gasteiger partial charge in [-0.15, -0.1) is 12.4 Å². The van der Waals surface area contributed by atoms with Crippen LogP contribution in [0.15, 0.2) is 90.6 Å². The van der Waals surface area contributed by atoms with E-state index in [0.717, 1.165) is 16.5 Å². The Balaban J connectivity index is 0.00000324. The molecular weight excluding hydrogens is 450 g/mol. The minimum Gasteiger partial charge on any atom is -0.493 e. The molecule has 0 bridgehead atoms. The molecule has 0 aliphatic heterocycles. The van der Waals surface area contributed by atoms with Crippen molar-refractivity contribution >= 4 is 41.0 Å². The van der Waals surface area contributed by atoms with Crippen molar-refractivity contribution in [2.24, 2.45) is 0 Å². The predicted octanol–water partition coefficient (Wildman–Crippen LogP) is 5.79. The number of hydrogen-bond acceptors (Lipinski definition) is 5. The highest BCUT2D eigenvalue weighted by Crippen LogP contribution is 2.30. The number of halogens is 1. The van der Waals surface area contributed by atoms with E-state index in [-0.39, 0.29) is 18.0 Å². The number of hydrogen-bond donors (Lipinski definition) is 1. The molecule has 0 spiro atoms. The molecule has 0 radical (unpaired) electrons. The minimum absolute atomic E-state index is 0. The number of pyridine rings is 1. The molecule has 4 aromatic rings. The first kappa shape index (κ1) is 24.3. The molecule has 0 fully saturated rings. The van der Waals surface area contributed by atoms with Gasteiger partial charge in [0.05, 0.1) is 18.3 Å². The van der Waals surface area contributed by atoms with Gasteiger partial charge in [0.2, 0.25) is 0 Å². The third kappa shape index (κ3) is 5.71. The van der Waals surface area contributed by atoms with Crippen LogP contribution in [0.25, 0.3) is 17.0 Å². The van der Waals surface area contributed by atoms with Crippen molar-refractivity contribution in [2.45, 2.75) is 6.61 Å². The standard InChI is InChI=1S/C27H21N3O3.ClH/c1-32-26-16-20(12-13-25(26)33-18-19-7-3-2-4-8-19)15-21(17-28)27(31)30-24-11-5-10-23-22(24)9-6-14-29-23;/h2-16H,18H2,1H3,(H,30,31);1H/b21-15+;. The normalized spacial score (nSPS) is 10.6. The number of ether oxygens (including phenoxy) is 2. The molecule has 170 valence electrons. The minimum atomic E-state index is -0.503. The number of methoxy groups -OCH3 is 1. The lowest BCUT2D eigenvalue weighted by atomic mass is 10.1. The number of carbonyl (C=O) groups excluding carboxylic acids is 1. The number of benzene rings is 3. The van der Waals surface area contributed by atoms with Crippen LogP contribution in [-0.2, 0) is 11.4 Å². The zero-order chi connectivity index (χ0) is 23.0. The number of nitriles is 1. The van der Waals surface area contributed by atoms with Crippen LogP contribution in [0.2, 0.25) is 0 Å². The Kier molecular flexibility index (Phi) is 8.22. The summed E-state index contributed by atoms with van der Waals surface area (Å²) in [6.45, 7) is 0.401. The molecule has 1 aromatic heterocycles. The van der Waals surface area contributed by atoms with E-state index in [2.05, 4.69) is 10.3 Å². The van der Waals surface area contributed by atoms with Crippen LogP contribution < -0.4 is 14.8 Å². The Hall–Kier alpha value is -4.34. The Morgan fingerprint density at radius 3 is 2.62 bits per heavy atom. The first-order chi connectivity index (χ1) is 16.2. The molecule has 7 heteroatoms. The Bertz CT molecular complexity index is 1360. The molecule has 0 saturated heterocycles. The molecule has 3 aromatic carbocycles. The number of nitrogens with one attached hydrogen (secondary N) is 1. The van der Waals surface area contributed by atoms with Crippen LogP contribution in [0.3, 0.4) is 0 Å². The summed E-state index contributed by atoms with van der Waals surface area (Å²) in [6, 6.07) is 26.2. The molecule has 6 nitrogen and oxygen atoms in total. The number of amides is 1. The summed E-state index contributed by atoms with van der Waals surface area (Å²) in [5.41, 5.74) is 3.00. The van der Waals surface area contributed by atoms with Crippen LogP contribution in [0, 0.1) is 11.3 Å². The van der Waals surface area contributed by atoms with Crippen LogP contribution in [0.1, 0.15) is 11.1 Å². The molecule has 0 saturated carbocycles. The van der Waals surface area contributed by atoms with E-state index >= 15 is 0 Å². The van der Waals surface area contributed by atoms with Crippen molar-refractivity contribution in [2.75, 3.05) is 12.4 Å². The summed E-state index contributed by atoms with van der Waals surface area (Å²) >= 11 is 0. The van der Waals surface area contributed by atoms with Gasteiger partial charge < -0.3 is 14.8 Å². The smallest absolute Gasteiger partial charge is 0.266 e. The van der Waals surface area contributed by atoms with Crippen molar-refractivity contribution in [3.8, 4) is 17.6 Å². The second-order valence-electron chi connectivity index (χ2n) is 7.18. The van der Waals surface area contributed by atoms with Gasteiger partial charge in [-0.05, 0) is 53.6 Å². The fourth-order valence-electron chi connectivity index (χ4n) is 3.35. The summed E-state index contributed by atoms with van der Waals surface area (Å²) in [4.78, 5) is 17.1. The molecule has 0 aliphatic carbocycles. The maximum Gasteiger partial charge on any atom is 0.266 e. The number of anilines is 1. The zero-order valence-corrected chi connectivity index (χ0v) is 19.2. The molecule has 4 rings (SSSR count). The number of aromatic nitrogens is 1. The van der Waals surface area contributed by atoms with E-state index in [1.807, 2.05) is 48.5 Å². The molecule has 0 atom stereocenters. The fraction of sp³-hybridized carbons (Fsp3) is 0.0741. The Labute approximate surface area is 203 Å². The Morgan fingerprint density at radius 1 is 1.03 bits per heavy atom. The maximum atomic E-state index is 12.8. The second-order valence-corrected chi connectivity index (χ2v) is 7.18. The largest absolute Gasteiger partial charge is 0.493 e. The van der Waals surface area contributed by atoms with Gasteiger partial charge >= 0.3 is 0 Å². The van der Waals surface area contributed by atoms with Crippen molar-refractivity contribution < 1.29 is 14.3 Å². The first-order valence-corrected chi connectivity index (χ1v) is 10.3. The molecule has 0 unspecified atom stereocenters. The second kappa shape index (κ2) is 11.5. The SMILES string of the molecule is COc1cc(/C=C(\C#N)C(=O)Nc2cccc3ncccc23)ccc1OCc1ccccc1.Cl. The van der Waals surface area contributed by atoms with Crippen LogP contribution >= 0.6 is 12.4 Å². The summed E-state index contributed by atoms with van der Waals surface area (Å²) in [6.07, 6.45) is 3.21. The van der Waals surface area contributed by atoms with Crippen molar-refractivity contribution in [3.05, 3.63) is 102 Å². The summed E-state index contributed by atoms with van der Waals surface area (Å²) < 4.78 is 11.3. The zero-order valence-electron chi connectivity index (χ0n) is 18.4. The van der Waals surface area contributed by atoms with E-state index in [1.54, 1.807) is 49.7 Å². The van der Waals surface area contributed by atoms with Crippen LogP contribution in [-0.4, -0.2) is 18.0 Å². The van der Waals surface area contributed by atoms with Gasteiger partial charge in [0.15, 0.2) is 11.5 Å². The molecule has 1 heterocycles. The highest BCUT2D eigenvalue weighted by atomic mass is 35.5. The molecule has 34 heavy (non-hydrogen) atoms. The average Bonchev–Trinajstić information content (AvgIpc) is 2.87. The van der Waals surface area contributed by atoms with E-state index in [0.29, 0.717) is 29.4 Å². The van der Waals surface area contributed by atoms with Gasteiger partial charge in [-0.3, -0.25) is 9.78 Å². The highest BCUT2D eigenvalue weighted by molar-refractivity contribution is 6.12. The average molecular weight is 472 g/mol. The topological polar surface area (TPSA) is 84.2 Å². The van der Waals surface area contributed by atoms with Gasteiger partial charge in [0.1, 0.15) is 18.2 Å². The van der Waals surface area contributed by atoms with Gasteiger partial charge in [-0.1, -0.05) is 42.5 Å². The van der Waals surface area contributed by atoms with Gasteiger partial charge in [0.25, 0.3) is 5.91 Å². The highest BCUT2D eigenvalue weighted by Gasteiger charge is 2.13. The lowest BCUT2D eigenvalue weighted by molar-refractivity contribution is -0.112. The molecule has 1 amide bonds. The predicted molar refractivity (Wildman–Crippen MR) is 135 cm³/mol. The van der Waals surface area contributed by atoms with Gasteiger partial charge in [0, 0.05) is 11.6 Å². The van der Waals surface area contributed by atoms with E-state index in [9.17, 15) is 10.1 Å². The third-order valence-electron chi connectivity index (χ3n) is 4.99. The van der Waals surface area contributed by atoms with Crippen LogP contribution in [0.5, 0.6) is 11.5 Å². The summed E-state index contributed by atoms with van der Waals surface area (Å²) in [7, 11) is 1.55. The Morgan fingerprint density at radius 2 is 1.85 bits per heavy atom. The quantitative estimate of drug-likeness (QED) is 0.272. The van der Waals surface area contributed by atoms with E-state index < -0.39 is 5.91 Å². The van der Waals surface area contributed by atoms with Gasteiger partial charge in [-0.25, -0.2) is 0 Å². The monoisotopic (exact) mass is 471 g/mol. The maximum absolute atomic E-state index is 12.8. The number of carbonyl (C=O) groups is 1. The lowest BCUT2D eigenvalue weighted by Gasteiger charge is -2.12. The number of rotatable bonds is 7. The number of fused-ring (bicyclic) bond motifs is 1. The van der Waals surface area contributed by atoms with Crippen molar-refractivity contribution in [1.82, 2.24) is 4.98 Å². The fourth-order valence-corrected chi connectivity index (χ4v) is 3.35. The van der Waals surface area contributed by atoms with E-state index in [4.69, 9.17) is 9.47 Å². The summed E-state index contributed by atoms with van der Waals surface area (Å²) in [5.74, 6) is 0.583.